The first-order chi connectivity index (χ1) is 15.4. The molecular formula is C24H19NO6S. The molecule has 0 unspecified atom stereocenters. The number of amides is 1. The van der Waals surface area contributed by atoms with Gasteiger partial charge in [0.05, 0.1) is 17.6 Å². The van der Waals surface area contributed by atoms with Crippen LogP contribution in [0.15, 0.2) is 100 Å². The third-order valence-electron chi connectivity index (χ3n) is 5.19. The van der Waals surface area contributed by atoms with E-state index in [0.29, 0.717) is 11.3 Å². The van der Waals surface area contributed by atoms with Gasteiger partial charge in [-0.05, 0) is 42.0 Å². The molecule has 1 aliphatic rings. The number of anilines is 1. The number of benzene rings is 3. The van der Waals surface area contributed by atoms with Crippen molar-refractivity contribution in [3.05, 3.63) is 107 Å². The summed E-state index contributed by atoms with van der Waals surface area (Å²) >= 11 is 0. The second kappa shape index (κ2) is 8.32. The molecule has 3 aromatic rings. The van der Waals surface area contributed by atoms with Crippen molar-refractivity contribution in [1.29, 1.82) is 0 Å². The molecule has 162 valence electrons. The van der Waals surface area contributed by atoms with Crippen LogP contribution in [0.25, 0.3) is 0 Å². The maximum absolute atomic E-state index is 13.5. The Morgan fingerprint density at radius 1 is 0.906 bits per heavy atom. The normalized spacial score (nSPS) is 16.3. The molecule has 0 radical (unpaired) electrons. The fourth-order valence-electron chi connectivity index (χ4n) is 3.66. The van der Waals surface area contributed by atoms with Crippen molar-refractivity contribution in [2.45, 2.75) is 10.9 Å². The third-order valence-corrected chi connectivity index (χ3v) is 7.07. The van der Waals surface area contributed by atoms with E-state index in [1.165, 1.54) is 36.3 Å². The molecule has 8 heteroatoms. The topological polar surface area (TPSA) is 101 Å². The minimum absolute atomic E-state index is 0.0413. The molecule has 7 nitrogen and oxygen atoms in total. The van der Waals surface area contributed by atoms with Gasteiger partial charge in [-0.25, -0.2) is 13.2 Å². The predicted molar refractivity (Wildman–Crippen MR) is 118 cm³/mol. The summed E-state index contributed by atoms with van der Waals surface area (Å²) in [7, 11) is -2.96. The molecule has 3 aromatic carbocycles. The number of carbonyl (C=O) groups excluding carboxylic acids is 2. The molecule has 0 fully saturated rings. The summed E-state index contributed by atoms with van der Waals surface area (Å²) in [5, 5.41) is 10.7. The number of methoxy groups -OCH3 is 1. The van der Waals surface area contributed by atoms with Crippen molar-refractivity contribution < 1.29 is 27.9 Å². The molecule has 0 aromatic heterocycles. The van der Waals surface area contributed by atoms with Gasteiger partial charge in [-0.15, -0.1) is 0 Å². The van der Waals surface area contributed by atoms with E-state index in [4.69, 9.17) is 4.74 Å². The van der Waals surface area contributed by atoms with Crippen molar-refractivity contribution in [1.82, 2.24) is 0 Å². The van der Waals surface area contributed by atoms with E-state index in [0.717, 1.165) is 0 Å². The number of sulfone groups is 1. The average Bonchev–Trinajstić information content (AvgIpc) is 3.11. The molecule has 1 N–H and O–H groups in total. The number of para-hydroxylation sites is 1. The molecule has 1 heterocycles. The first-order valence-electron chi connectivity index (χ1n) is 9.66. The number of rotatable bonds is 5. The monoisotopic (exact) mass is 449 g/mol. The third kappa shape index (κ3) is 3.54. The van der Waals surface area contributed by atoms with Crippen molar-refractivity contribution in [3.63, 3.8) is 0 Å². The fraction of sp³-hybridized carbons (Fsp3) is 0.0833. The summed E-state index contributed by atoms with van der Waals surface area (Å²) < 4.78 is 31.7. The molecular weight excluding hydrogens is 430 g/mol. The minimum atomic E-state index is -4.21. The smallest absolute Gasteiger partial charge is 0.337 e. The Labute approximate surface area is 185 Å². The van der Waals surface area contributed by atoms with Crippen LogP contribution in [0.3, 0.4) is 0 Å². The van der Waals surface area contributed by atoms with Crippen LogP contribution in [0.4, 0.5) is 5.69 Å². The van der Waals surface area contributed by atoms with Gasteiger partial charge >= 0.3 is 5.97 Å². The van der Waals surface area contributed by atoms with E-state index < -0.39 is 38.4 Å². The van der Waals surface area contributed by atoms with E-state index in [-0.39, 0.29) is 10.5 Å². The first kappa shape index (κ1) is 21.3. The summed E-state index contributed by atoms with van der Waals surface area (Å²) in [6.07, 6.45) is 0. The molecule has 0 bridgehead atoms. The fourth-order valence-corrected chi connectivity index (χ4v) is 5.31. The Morgan fingerprint density at radius 2 is 1.47 bits per heavy atom. The Hall–Kier alpha value is -3.91. The summed E-state index contributed by atoms with van der Waals surface area (Å²) in [5.41, 5.74) is 1.10. The lowest BCUT2D eigenvalue weighted by molar-refractivity contribution is -0.117. The molecule has 0 aliphatic carbocycles. The number of esters is 1. The zero-order valence-corrected chi connectivity index (χ0v) is 17.8. The number of hydrogen-bond donors (Lipinski definition) is 1. The molecule has 1 atom stereocenters. The largest absolute Gasteiger partial charge is 0.502 e. The van der Waals surface area contributed by atoms with Gasteiger partial charge < -0.3 is 9.84 Å². The number of nitrogens with zero attached hydrogens (tertiary/aromatic N) is 1. The van der Waals surface area contributed by atoms with E-state index >= 15 is 0 Å². The Balaban J connectivity index is 1.91. The molecule has 0 saturated carbocycles. The summed E-state index contributed by atoms with van der Waals surface area (Å²) in [4.78, 5) is 25.7. The summed E-state index contributed by atoms with van der Waals surface area (Å²) in [5.74, 6) is -2.21. The lowest BCUT2D eigenvalue weighted by atomic mass is 10.0. The SMILES string of the molecule is COC(=O)c1ccc([C@@H]2C(S(=O)(=O)c3ccccc3)=C(O)C(=O)N2c2ccccc2)cc1. The highest BCUT2D eigenvalue weighted by Gasteiger charge is 2.47. The maximum atomic E-state index is 13.5. The molecule has 0 saturated heterocycles. The zero-order valence-electron chi connectivity index (χ0n) is 17.0. The second-order valence-electron chi connectivity index (χ2n) is 7.06. The van der Waals surface area contributed by atoms with Crippen molar-refractivity contribution in [2.75, 3.05) is 12.0 Å². The Morgan fingerprint density at radius 3 is 2.03 bits per heavy atom. The lowest BCUT2D eigenvalue weighted by Gasteiger charge is -2.27. The van der Waals surface area contributed by atoms with E-state index in [9.17, 15) is 23.1 Å². The molecule has 1 amide bonds. The average molecular weight is 449 g/mol. The second-order valence-corrected chi connectivity index (χ2v) is 8.97. The number of ether oxygens (including phenoxy) is 1. The van der Waals surface area contributed by atoms with Crippen LogP contribution in [0.1, 0.15) is 22.0 Å². The number of aliphatic hydroxyl groups is 1. The van der Waals surface area contributed by atoms with Crippen molar-refractivity contribution >= 4 is 27.4 Å². The van der Waals surface area contributed by atoms with E-state index in [1.807, 2.05) is 0 Å². The standard InChI is InChI=1S/C24H19NO6S/c1-31-24(28)17-14-12-16(13-15-17)20-22(32(29,30)19-10-6-3-7-11-19)21(26)23(27)25(20)18-8-4-2-5-9-18/h2-15,20,26H,1H3/t20-/m1/s1. The van der Waals surface area contributed by atoms with Gasteiger partial charge in [-0.1, -0.05) is 48.5 Å². The van der Waals surface area contributed by atoms with Crippen molar-refractivity contribution in [2.24, 2.45) is 0 Å². The summed E-state index contributed by atoms with van der Waals surface area (Å²) in [6, 6.07) is 21.0. The highest BCUT2D eigenvalue weighted by Crippen LogP contribution is 2.44. The van der Waals surface area contributed by atoms with Crippen LogP contribution in [-0.2, 0) is 19.4 Å². The van der Waals surface area contributed by atoms with Crippen LogP contribution < -0.4 is 4.90 Å². The van der Waals surface area contributed by atoms with Gasteiger partial charge in [0.15, 0.2) is 5.76 Å². The Bertz CT molecular complexity index is 1300. The quantitative estimate of drug-likeness (QED) is 0.595. The molecule has 1 aliphatic heterocycles. The van der Waals surface area contributed by atoms with Gasteiger partial charge in [-0.2, -0.15) is 0 Å². The number of carbonyl (C=O) groups is 2. The number of hydrogen-bond acceptors (Lipinski definition) is 6. The molecule has 4 rings (SSSR count). The van der Waals surface area contributed by atoms with Crippen LogP contribution in [0.5, 0.6) is 0 Å². The van der Waals surface area contributed by atoms with Crippen molar-refractivity contribution in [3.8, 4) is 0 Å². The van der Waals surface area contributed by atoms with Gasteiger partial charge in [0.25, 0.3) is 5.91 Å². The van der Waals surface area contributed by atoms with Crippen LogP contribution in [0.2, 0.25) is 0 Å². The first-order valence-corrected chi connectivity index (χ1v) is 11.1. The molecule has 0 spiro atoms. The van der Waals surface area contributed by atoms with Gasteiger partial charge in [0.2, 0.25) is 9.84 Å². The molecule has 32 heavy (non-hydrogen) atoms. The zero-order chi connectivity index (χ0) is 22.9. The van der Waals surface area contributed by atoms with Crippen LogP contribution in [-0.4, -0.2) is 32.5 Å². The van der Waals surface area contributed by atoms with E-state index in [2.05, 4.69) is 0 Å². The predicted octanol–water partition coefficient (Wildman–Crippen LogP) is 3.80. The van der Waals surface area contributed by atoms with Gasteiger partial charge in [0, 0.05) is 5.69 Å². The van der Waals surface area contributed by atoms with Gasteiger partial charge in [0.1, 0.15) is 10.9 Å². The van der Waals surface area contributed by atoms with Crippen LogP contribution in [0, 0.1) is 0 Å². The minimum Gasteiger partial charge on any atom is -0.502 e. The highest BCUT2D eigenvalue weighted by atomic mass is 32.2. The highest BCUT2D eigenvalue weighted by molar-refractivity contribution is 7.95. The maximum Gasteiger partial charge on any atom is 0.337 e. The van der Waals surface area contributed by atoms with Gasteiger partial charge in [-0.3, -0.25) is 9.69 Å². The summed E-state index contributed by atoms with van der Waals surface area (Å²) in [6.45, 7) is 0. The Kier molecular flexibility index (Phi) is 5.54. The lowest BCUT2D eigenvalue weighted by Crippen LogP contribution is -2.31. The van der Waals surface area contributed by atoms with Crippen LogP contribution >= 0.6 is 0 Å². The van der Waals surface area contributed by atoms with E-state index in [1.54, 1.807) is 60.7 Å². The number of aliphatic hydroxyl groups excluding tert-OH is 1.